The van der Waals surface area contributed by atoms with E-state index in [-0.39, 0.29) is 5.02 Å². The van der Waals surface area contributed by atoms with Crippen LogP contribution in [0, 0.1) is 11.6 Å². The maximum atomic E-state index is 13.1. The van der Waals surface area contributed by atoms with Crippen LogP contribution in [0.5, 0.6) is 0 Å². The van der Waals surface area contributed by atoms with E-state index in [1.54, 1.807) is 13.1 Å². The maximum Gasteiger partial charge on any atom is 0.177 e. The van der Waals surface area contributed by atoms with Crippen LogP contribution >= 0.6 is 11.6 Å². The molecule has 1 aromatic heterocycles. The van der Waals surface area contributed by atoms with Crippen molar-refractivity contribution in [1.29, 1.82) is 0 Å². The van der Waals surface area contributed by atoms with E-state index in [9.17, 15) is 8.78 Å². The van der Waals surface area contributed by atoms with Gasteiger partial charge in [0.25, 0.3) is 0 Å². The highest BCUT2D eigenvalue weighted by Crippen LogP contribution is 2.27. The molecule has 0 unspecified atom stereocenters. The molecule has 0 bridgehead atoms. The second-order valence-corrected chi connectivity index (χ2v) is 3.74. The van der Waals surface area contributed by atoms with Gasteiger partial charge in [0.2, 0.25) is 0 Å². The fourth-order valence-corrected chi connectivity index (χ4v) is 1.53. The summed E-state index contributed by atoms with van der Waals surface area (Å²) >= 11 is 5.53. The van der Waals surface area contributed by atoms with E-state index in [1.165, 1.54) is 10.7 Å². The smallest absolute Gasteiger partial charge is 0.177 e. The fraction of sp³-hybridized carbons (Fsp3) is 0.100. The Morgan fingerprint density at radius 1 is 1.31 bits per heavy atom. The fourth-order valence-electron chi connectivity index (χ4n) is 1.33. The molecule has 3 nitrogen and oxygen atoms in total. The predicted octanol–water partition coefficient (Wildman–Crippen LogP) is 2.60. The van der Waals surface area contributed by atoms with E-state index in [0.717, 1.165) is 6.07 Å². The summed E-state index contributed by atoms with van der Waals surface area (Å²) in [5.41, 5.74) is 6.41. The summed E-state index contributed by atoms with van der Waals surface area (Å²) in [6.07, 6.45) is 0. The Morgan fingerprint density at radius 2 is 2.00 bits per heavy atom. The molecule has 0 fully saturated rings. The molecular weight excluding hydrogens is 236 g/mol. The van der Waals surface area contributed by atoms with Crippen molar-refractivity contribution in [2.75, 3.05) is 5.73 Å². The lowest BCUT2D eigenvalue weighted by molar-refractivity contribution is 0.509. The summed E-state index contributed by atoms with van der Waals surface area (Å²) in [5, 5.41) is 3.76. The molecule has 84 valence electrons. The van der Waals surface area contributed by atoms with Crippen molar-refractivity contribution in [3.05, 3.63) is 34.9 Å². The summed E-state index contributed by atoms with van der Waals surface area (Å²) in [5.74, 6) is -1.64. The third-order valence-corrected chi connectivity index (χ3v) is 2.47. The van der Waals surface area contributed by atoms with E-state index < -0.39 is 11.6 Å². The van der Waals surface area contributed by atoms with Crippen molar-refractivity contribution in [2.24, 2.45) is 7.05 Å². The largest absolute Gasteiger partial charge is 0.384 e. The monoisotopic (exact) mass is 243 g/mol. The molecule has 0 saturated carbocycles. The van der Waals surface area contributed by atoms with Crippen LogP contribution in [0.1, 0.15) is 0 Å². The van der Waals surface area contributed by atoms with Gasteiger partial charge in [-0.1, -0.05) is 11.6 Å². The number of hydrogen-bond donors (Lipinski definition) is 1. The third-order valence-electron chi connectivity index (χ3n) is 2.20. The number of halogens is 3. The highest BCUT2D eigenvalue weighted by atomic mass is 35.5. The summed E-state index contributed by atoms with van der Waals surface area (Å²) < 4.78 is 27.5. The van der Waals surface area contributed by atoms with Gasteiger partial charge in [-0.25, -0.2) is 8.78 Å². The Labute approximate surface area is 95.4 Å². The maximum absolute atomic E-state index is 13.1. The Bertz CT molecular complexity index is 508. The molecule has 1 aromatic carbocycles. The van der Waals surface area contributed by atoms with Gasteiger partial charge < -0.3 is 5.73 Å². The van der Waals surface area contributed by atoms with Crippen LogP contribution in [-0.2, 0) is 7.05 Å². The molecule has 0 radical (unpaired) electrons. The Kier molecular flexibility index (Phi) is 2.55. The number of aryl methyl sites for hydroxylation is 1. The lowest BCUT2D eigenvalue weighted by Crippen LogP contribution is -1.96. The predicted molar refractivity (Wildman–Crippen MR) is 58.0 cm³/mol. The number of anilines is 1. The van der Waals surface area contributed by atoms with Gasteiger partial charge in [0, 0.05) is 18.7 Å². The summed E-state index contributed by atoms with van der Waals surface area (Å²) in [6.45, 7) is 0. The molecule has 6 heteroatoms. The summed E-state index contributed by atoms with van der Waals surface area (Å²) in [4.78, 5) is 0. The molecule has 0 amide bonds. The topological polar surface area (TPSA) is 43.8 Å². The van der Waals surface area contributed by atoms with Crippen molar-refractivity contribution in [3.63, 3.8) is 0 Å². The van der Waals surface area contributed by atoms with E-state index in [2.05, 4.69) is 5.10 Å². The first-order valence-electron chi connectivity index (χ1n) is 4.43. The number of rotatable bonds is 1. The molecule has 2 N–H and O–H groups in total. The van der Waals surface area contributed by atoms with Gasteiger partial charge in [-0.2, -0.15) is 5.10 Å². The van der Waals surface area contributed by atoms with Crippen LogP contribution in [0.25, 0.3) is 11.3 Å². The molecule has 2 aromatic rings. The standard InChI is InChI=1S/C10H8ClF2N3/c1-16-9(14)4-8(15-16)5-2-6(11)10(13)7(12)3-5/h2-4H,14H2,1H3. The normalized spacial score (nSPS) is 10.8. The van der Waals surface area contributed by atoms with Crippen molar-refractivity contribution in [2.45, 2.75) is 0 Å². The van der Waals surface area contributed by atoms with Crippen LogP contribution in [0.2, 0.25) is 5.02 Å². The van der Waals surface area contributed by atoms with Gasteiger partial charge in [-0.15, -0.1) is 0 Å². The zero-order valence-corrected chi connectivity index (χ0v) is 9.09. The number of aromatic nitrogens is 2. The van der Waals surface area contributed by atoms with Crippen molar-refractivity contribution in [3.8, 4) is 11.3 Å². The first-order chi connectivity index (χ1) is 7.49. The molecule has 0 aliphatic rings. The number of benzene rings is 1. The zero-order valence-electron chi connectivity index (χ0n) is 8.34. The number of nitrogens with zero attached hydrogens (tertiary/aromatic N) is 2. The highest BCUT2D eigenvalue weighted by Gasteiger charge is 2.12. The number of nitrogen functional groups attached to an aromatic ring is 1. The molecule has 0 atom stereocenters. The van der Waals surface area contributed by atoms with E-state index in [0.29, 0.717) is 17.1 Å². The zero-order chi connectivity index (χ0) is 11.9. The SMILES string of the molecule is Cn1nc(-c2cc(F)c(F)c(Cl)c2)cc1N. The lowest BCUT2D eigenvalue weighted by atomic mass is 10.1. The second-order valence-electron chi connectivity index (χ2n) is 3.33. The van der Waals surface area contributed by atoms with Gasteiger partial charge in [0.05, 0.1) is 10.7 Å². The molecule has 0 spiro atoms. The van der Waals surface area contributed by atoms with Crippen molar-refractivity contribution in [1.82, 2.24) is 9.78 Å². The second kappa shape index (κ2) is 3.75. The van der Waals surface area contributed by atoms with Crippen LogP contribution in [0.4, 0.5) is 14.6 Å². The quantitative estimate of drug-likeness (QED) is 0.783. The molecule has 0 aliphatic carbocycles. The van der Waals surface area contributed by atoms with E-state index >= 15 is 0 Å². The van der Waals surface area contributed by atoms with Crippen molar-refractivity contribution < 1.29 is 8.78 Å². The molecule has 2 rings (SSSR count). The molecule has 0 aliphatic heterocycles. The molecule has 16 heavy (non-hydrogen) atoms. The van der Waals surface area contributed by atoms with Gasteiger partial charge in [-0.3, -0.25) is 4.68 Å². The van der Waals surface area contributed by atoms with Gasteiger partial charge in [0.15, 0.2) is 11.6 Å². The van der Waals surface area contributed by atoms with Crippen LogP contribution in [0.15, 0.2) is 18.2 Å². The lowest BCUT2D eigenvalue weighted by Gasteiger charge is -2.00. The van der Waals surface area contributed by atoms with Crippen LogP contribution in [0.3, 0.4) is 0 Å². The highest BCUT2D eigenvalue weighted by molar-refractivity contribution is 6.31. The van der Waals surface area contributed by atoms with Crippen molar-refractivity contribution >= 4 is 17.4 Å². The summed E-state index contributed by atoms with van der Waals surface area (Å²) in [6, 6.07) is 3.90. The molecular formula is C10H8ClF2N3. The average molecular weight is 244 g/mol. The molecule has 1 heterocycles. The first kappa shape index (κ1) is 10.9. The van der Waals surface area contributed by atoms with Crippen LogP contribution in [-0.4, -0.2) is 9.78 Å². The third kappa shape index (κ3) is 1.74. The number of nitrogens with two attached hydrogens (primary N) is 1. The Morgan fingerprint density at radius 3 is 2.50 bits per heavy atom. The Balaban J connectivity index is 2.56. The minimum absolute atomic E-state index is 0.278. The average Bonchev–Trinajstić information content (AvgIpc) is 2.55. The van der Waals surface area contributed by atoms with Gasteiger partial charge in [0.1, 0.15) is 5.82 Å². The van der Waals surface area contributed by atoms with Gasteiger partial charge >= 0.3 is 0 Å². The van der Waals surface area contributed by atoms with E-state index in [1.807, 2.05) is 0 Å². The first-order valence-corrected chi connectivity index (χ1v) is 4.81. The van der Waals surface area contributed by atoms with E-state index in [4.69, 9.17) is 17.3 Å². The number of hydrogen-bond acceptors (Lipinski definition) is 2. The van der Waals surface area contributed by atoms with Crippen LogP contribution < -0.4 is 5.73 Å². The minimum atomic E-state index is -1.06. The molecule has 0 saturated heterocycles. The Hall–Kier alpha value is -1.62. The summed E-state index contributed by atoms with van der Waals surface area (Å²) in [7, 11) is 1.65. The minimum Gasteiger partial charge on any atom is -0.384 e. The van der Waals surface area contributed by atoms with Gasteiger partial charge in [-0.05, 0) is 12.1 Å².